The molecule has 1 saturated heterocycles. The van der Waals surface area contributed by atoms with Gasteiger partial charge in [-0.1, -0.05) is 0 Å². The first-order valence-corrected chi connectivity index (χ1v) is 6.26. The summed E-state index contributed by atoms with van der Waals surface area (Å²) in [5, 5.41) is 0. The Bertz CT molecular complexity index is 261. The van der Waals surface area contributed by atoms with E-state index in [-0.39, 0.29) is 18.3 Å². The second kappa shape index (κ2) is 7.09. The fourth-order valence-corrected chi connectivity index (χ4v) is 2.14. The van der Waals surface area contributed by atoms with Crippen LogP contribution in [-0.2, 0) is 9.53 Å². The van der Waals surface area contributed by atoms with Crippen LogP contribution in [0.5, 0.6) is 0 Å². The number of piperidine rings is 1. The molecule has 0 amide bonds. The summed E-state index contributed by atoms with van der Waals surface area (Å²) in [4.78, 5) is 13.3. The highest BCUT2D eigenvalue weighted by molar-refractivity contribution is 5.78. The number of hydrogen-bond acceptors (Lipinski definition) is 3. The summed E-state index contributed by atoms with van der Waals surface area (Å²) in [6.07, 6.45) is -1.92. The second-order valence-electron chi connectivity index (χ2n) is 4.75. The van der Waals surface area contributed by atoms with Gasteiger partial charge in [0.2, 0.25) is 0 Å². The summed E-state index contributed by atoms with van der Waals surface area (Å²) in [5.74, 6) is 0.408. The number of Topliss-reactive ketones (excluding diaryl/α,β-unsaturated/α-hetero) is 1. The zero-order valence-electron chi connectivity index (χ0n) is 10.6. The van der Waals surface area contributed by atoms with Crippen LogP contribution in [0.25, 0.3) is 0 Å². The molecule has 1 rings (SSSR count). The lowest BCUT2D eigenvalue weighted by Crippen LogP contribution is -2.36. The number of carbonyl (C=O) groups excluding carboxylic acids is 1. The van der Waals surface area contributed by atoms with Crippen LogP contribution in [0.2, 0.25) is 0 Å². The first-order chi connectivity index (χ1) is 8.38. The van der Waals surface area contributed by atoms with E-state index in [4.69, 9.17) is 0 Å². The van der Waals surface area contributed by atoms with Crippen LogP contribution in [0.3, 0.4) is 0 Å². The average Bonchev–Trinajstić information content (AvgIpc) is 2.27. The Morgan fingerprint density at radius 2 is 1.94 bits per heavy atom. The summed E-state index contributed by atoms with van der Waals surface area (Å²) in [5.41, 5.74) is 0. The van der Waals surface area contributed by atoms with Crippen molar-refractivity contribution in [1.29, 1.82) is 0 Å². The van der Waals surface area contributed by atoms with Gasteiger partial charge in [-0.25, -0.2) is 0 Å². The van der Waals surface area contributed by atoms with Gasteiger partial charge in [0, 0.05) is 19.1 Å². The molecule has 0 radical (unpaired) electrons. The summed E-state index contributed by atoms with van der Waals surface area (Å²) < 4.78 is 39.9. The van der Waals surface area contributed by atoms with Gasteiger partial charge in [-0.3, -0.25) is 4.79 Å². The SMILES string of the molecule is CC(=O)C1CCN(CCCOCC(F)(F)F)CC1. The number of nitrogens with zero attached hydrogens (tertiary/aromatic N) is 1. The van der Waals surface area contributed by atoms with Gasteiger partial charge < -0.3 is 9.64 Å². The van der Waals surface area contributed by atoms with Gasteiger partial charge >= 0.3 is 6.18 Å². The number of carbonyl (C=O) groups is 1. The number of rotatable bonds is 6. The summed E-state index contributed by atoms with van der Waals surface area (Å²) >= 11 is 0. The predicted molar refractivity (Wildman–Crippen MR) is 61.3 cm³/mol. The molecular weight excluding hydrogens is 247 g/mol. The maximum atomic E-state index is 11.8. The zero-order chi connectivity index (χ0) is 13.6. The molecule has 0 bridgehead atoms. The molecule has 0 spiro atoms. The highest BCUT2D eigenvalue weighted by Crippen LogP contribution is 2.18. The van der Waals surface area contributed by atoms with Crippen LogP contribution in [0.4, 0.5) is 13.2 Å². The Morgan fingerprint density at radius 3 is 2.44 bits per heavy atom. The van der Waals surface area contributed by atoms with Crippen molar-refractivity contribution in [1.82, 2.24) is 4.90 Å². The highest BCUT2D eigenvalue weighted by Gasteiger charge is 2.27. The molecule has 6 heteroatoms. The van der Waals surface area contributed by atoms with Gasteiger partial charge in [0.05, 0.1) is 0 Å². The standard InChI is InChI=1S/C12H20F3NO2/c1-10(17)11-3-6-16(7-4-11)5-2-8-18-9-12(13,14)15/h11H,2-9H2,1H3. The molecule has 0 aliphatic carbocycles. The molecule has 18 heavy (non-hydrogen) atoms. The van der Waals surface area contributed by atoms with Crippen molar-refractivity contribution in [3.63, 3.8) is 0 Å². The molecule has 1 fully saturated rings. The number of ketones is 1. The molecule has 0 aromatic rings. The van der Waals surface area contributed by atoms with Crippen molar-refractivity contribution in [2.75, 3.05) is 32.8 Å². The van der Waals surface area contributed by atoms with Crippen molar-refractivity contribution in [3.8, 4) is 0 Å². The molecule has 1 aliphatic heterocycles. The largest absolute Gasteiger partial charge is 0.411 e. The van der Waals surface area contributed by atoms with Crippen molar-refractivity contribution >= 4 is 5.78 Å². The fraction of sp³-hybridized carbons (Fsp3) is 0.917. The third kappa shape index (κ3) is 6.35. The maximum Gasteiger partial charge on any atom is 0.411 e. The minimum absolute atomic E-state index is 0.131. The molecule has 0 saturated carbocycles. The first-order valence-electron chi connectivity index (χ1n) is 6.26. The lowest BCUT2D eigenvalue weighted by atomic mass is 9.93. The normalized spacial score (nSPS) is 19.1. The molecule has 0 aromatic heterocycles. The number of alkyl halides is 3. The van der Waals surface area contributed by atoms with Gasteiger partial charge in [0.15, 0.2) is 0 Å². The Morgan fingerprint density at radius 1 is 1.33 bits per heavy atom. The van der Waals surface area contributed by atoms with E-state index in [9.17, 15) is 18.0 Å². The van der Waals surface area contributed by atoms with E-state index in [1.54, 1.807) is 6.92 Å². The van der Waals surface area contributed by atoms with Crippen molar-refractivity contribution in [2.45, 2.75) is 32.4 Å². The molecular formula is C12H20F3NO2. The minimum Gasteiger partial charge on any atom is -0.372 e. The molecule has 0 N–H and O–H groups in total. The molecule has 1 aliphatic rings. The van der Waals surface area contributed by atoms with Crippen molar-refractivity contribution in [2.24, 2.45) is 5.92 Å². The van der Waals surface area contributed by atoms with Gasteiger partial charge in [-0.2, -0.15) is 13.2 Å². The van der Waals surface area contributed by atoms with E-state index in [2.05, 4.69) is 9.64 Å². The molecule has 0 atom stereocenters. The smallest absolute Gasteiger partial charge is 0.372 e. The topological polar surface area (TPSA) is 29.5 Å². The second-order valence-corrected chi connectivity index (χ2v) is 4.75. The van der Waals surface area contributed by atoms with Crippen LogP contribution < -0.4 is 0 Å². The average molecular weight is 267 g/mol. The Hall–Kier alpha value is -0.620. The summed E-state index contributed by atoms with van der Waals surface area (Å²) in [7, 11) is 0. The molecule has 3 nitrogen and oxygen atoms in total. The van der Waals surface area contributed by atoms with Crippen LogP contribution >= 0.6 is 0 Å². The van der Waals surface area contributed by atoms with Crippen LogP contribution in [0, 0.1) is 5.92 Å². The van der Waals surface area contributed by atoms with Gasteiger partial charge in [0.25, 0.3) is 0 Å². The molecule has 0 aromatic carbocycles. The van der Waals surface area contributed by atoms with Gasteiger partial charge in [-0.05, 0) is 39.3 Å². The van der Waals surface area contributed by atoms with E-state index >= 15 is 0 Å². The van der Waals surface area contributed by atoms with Crippen molar-refractivity contribution in [3.05, 3.63) is 0 Å². The summed E-state index contributed by atoms with van der Waals surface area (Å²) in [6.45, 7) is 3.02. The number of ether oxygens (including phenoxy) is 1. The minimum atomic E-state index is -4.24. The van der Waals surface area contributed by atoms with E-state index in [0.717, 1.165) is 32.5 Å². The lowest BCUT2D eigenvalue weighted by Gasteiger charge is -2.30. The highest BCUT2D eigenvalue weighted by atomic mass is 19.4. The number of likely N-dealkylation sites (tertiary alicyclic amines) is 1. The van der Waals surface area contributed by atoms with Gasteiger partial charge in [-0.15, -0.1) is 0 Å². The fourth-order valence-electron chi connectivity index (χ4n) is 2.14. The predicted octanol–water partition coefficient (Wildman–Crippen LogP) is 2.26. The maximum absolute atomic E-state index is 11.8. The Kier molecular flexibility index (Phi) is 6.08. The van der Waals surface area contributed by atoms with E-state index in [1.165, 1.54) is 0 Å². The first kappa shape index (κ1) is 15.4. The molecule has 106 valence electrons. The van der Waals surface area contributed by atoms with E-state index in [0.29, 0.717) is 6.42 Å². The summed E-state index contributed by atoms with van der Waals surface area (Å²) in [6, 6.07) is 0. The van der Waals surface area contributed by atoms with Crippen LogP contribution in [-0.4, -0.2) is 49.7 Å². The number of halogens is 3. The van der Waals surface area contributed by atoms with Crippen molar-refractivity contribution < 1.29 is 22.7 Å². The van der Waals surface area contributed by atoms with E-state index in [1.807, 2.05) is 0 Å². The Labute approximate surface area is 105 Å². The van der Waals surface area contributed by atoms with Gasteiger partial charge in [0.1, 0.15) is 12.4 Å². The van der Waals surface area contributed by atoms with Crippen LogP contribution in [0.1, 0.15) is 26.2 Å². The number of hydrogen-bond donors (Lipinski definition) is 0. The third-order valence-corrected chi connectivity index (χ3v) is 3.19. The third-order valence-electron chi connectivity index (χ3n) is 3.19. The molecule has 1 heterocycles. The monoisotopic (exact) mass is 267 g/mol. The zero-order valence-corrected chi connectivity index (χ0v) is 10.6. The van der Waals surface area contributed by atoms with Crippen LogP contribution in [0.15, 0.2) is 0 Å². The Balaban J connectivity index is 2.03. The molecule has 0 unspecified atom stereocenters. The van der Waals surface area contributed by atoms with E-state index < -0.39 is 12.8 Å². The quantitative estimate of drug-likeness (QED) is 0.691. The lowest BCUT2D eigenvalue weighted by molar-refractivity contribution is -0.174.